The Kier molecular flexibility index (Phi) is 2.99. The molecule has 0 amide bonds. The van der Waals surface area contributed by atoms with Crippen LogP contribution in [0.15, 0.2) is 0 Å². The molecule has 1 fully saturated rings. The number of aliphatic hydroxyl groups excluding tert-OH is 3. The van der Waals surface area contributed by atoms with Gasteiger partial charge in [-0.15, -0.1) is 0 Å². The van der Waals surface area contributed by atoms with Crippen molar-refractivity contribution in [3.05, 3.63) is 0 Å². The molecule has 0 aromatic rings. The fraction of sp³-hybridized carbons (Fsp3) is 1.00. The summed E-state index contributed by atoms with van der Waals surface area (Å²) in [6, 6.07) is -0.984. The fourth-order valence-corrected chi connectivity index (χ4v) is 1.16. The number of aliphatic hydroxyl groups is 3. The third kappa shape index (κ3) is 1.58. The average Bonchev–Trinajstić information content (AvgIpc) is 2.08. The molecule has 0 aliphatic carbocycles. The van der Waals surface area contributed by atoms with Crippen LogP contribution in [-0.2, 0) is 4.74 Å². The largest absolute Gasteiger partial charge is 0.388 e. The highest BCUT2D eigenvalue weighted by Crippen LogP contribution is 2.17. The molecule has 1 aliphatic rings. The Morgan fingerprint density at radius 1 is 1.17 bits per heavy atom. The predicted octanol–water partition coefficient (Wildman–Crippen LogP) is -3.29. The van der Waals surface area contributed by atoms with E-state index in [-0.39, 0.29) is 6.54 Å². The Bertz CT molecular complexity index is 152. The van der Waals surface area contributed by atoms with Gasteiger partial charge in [-0.05, 0) is 0 Å². The topological polar surface area (TPSA) is 122 Å². The van der Waals surface area contributed by atoms with Gasteiger partial charge in [-0.25, -0.2) is 0 Å². The van der Waals surface area contributed by atoms with E-state index >= 15 is 0 Å². The van der Waals surface area contributed by atoms with Crippen LogP contribution in [0.2, 0.25) is 0 Å². The molecule has 6 heteroatoms. The third-order valence-electron chi connectivity index (χ3n) is 2.00. The summed E-state index contributed by atoms with van der Waals surface area (Å²) in [5.74, 6) is 0. The molecule has 5 atom stereocenters. The van der Waals surface area contributed by atoms with Gasteiger partial charge in [-0.2, -0.15) is 0 Å². The predicted molar refractivity (Wildman–Crippen MR) is 39.9 cm³/mol. The average molecular weight is 178 g/mol. The Morgan fingerprint density at radius 2 is 1.75 bits per heavy atom. The summed E-state index contributed by atoms with van der Waals surface area (Å²) >= 11 is 0. The van der Waals surface area contributed by atoms with Gasteiger partial charge in [0, 0.05) is 6.54 Å². The van der Waals surface area contributed by atoms with Gasteiger partial charge in [-0.1, -0.05) is 0 Å². The summed E-state index contributed by atoms with van der Waals surface area (Å²) in [6.45, 7) is 0.0298. The minimum atomic E-state index is -1.27. The molecule has 0 spiro atoms. The number of ether oxygens (including phenoxy) is 1. The maximum atomic E-state index is 9.28. The molecular weight excluding hydrogens is 164 g/mol. The van der Waals surface area contributed by atoms with Gasteiger partial charge >= 0.3 is 0 Å². The SMILES string of the molecule is NCC1O[C@@H](O)[C@@H](N)C(O)[C@@H]1O. The van der Waals surface area contributed by atoms with E-state index in [0.29, 0.717) is 0 Å². The van der Waals surface area contributed by atoms with Crippen molar-refractivity contribution < 1.29 is 20.1 Å². The third-order valence-corrected chi connectivity index (χ3v) is 2.00. The second-order valence-electron chi connectivity index (χ2n) is 2.86. The van der Waals surface area contributed by atoms with Crippen molar-refractivity contribution in [3.8, 4) is 0 Å². The molecule has 0 bridgehead atoms. The van der Waals surface area contributed by atoms with E-state index < -0.39 is 30.6 Å². The summed E-state index contributed by atoms with van der Waals surface area (Å²) < 4.78 is 4.83. The first kappa shape index (κ1) is 9.85. The van der Waals surface area contributed by atoms with Crippen molar-refractivity contribution in [2.75, 3.05) is 6.54 Å². The quantitative estimate of drug-likeness (QED) is 0.287. The van der Waals surface area contributed by atoms with Gasteiger partial charge in [0.05, 0.1) is 6.04 Å². The molecular formula is C6H14N2O4. The molecule has 72 valence electrons. The lowest BCUT2D eigenvalue weighted by Crippen LogP contribution is -2.62. The van der Waals surface area contributed by atoms with E-state index in [4.69, 9.17) is 21.3 Å². The van der Waals surface area contributed by atoms with Gasteiger partial charge in [-0.3, -0.25) is 0 Å². The molecule has 6 nitrogen and oxygen atoms in total. The maximum absolute atomic E-state index is 9.28. The fourth-order valence-electron chi connectivity index (χ4n) is 1.16. The first-order valence-electron chi connectivity index (χ1n) is 3.73. The second kappa shape index (κ2) is 3.65. The lowest BCUT2D eigenvalue weighted by molar-refractivity contribution is -0.238. The van der Waals surface area contributed by atoms with Crippen molar-refractivity contribution in [1.82, 2.24) is 0 Å². The van der Waals surface area contributed by atoms with Crippen LogP contribution in [0, 0.1) is 0 Å². The minimum Gasteiger partial charge on any atom is -0.388 e. The van der Waals surface area contributed by atoms with E-state index in [1.807, 2.05) is 0 Å². The van der Waals surface area contributed by atoms with Gasteiger partial charge in [0.2, 0.25) is 0 Å². The molecule has 12 heavy (non-hydrogen) atoms. The maximum Gasteiger partial charge on any atom is 0.172 e. The van der Waals surface area contributed by atoms with Crippen molar-refractivity contribution in [3.63, 3.8) is 0 Å². The van der Waals surface area contributed by atoms with Crippen LogP contribution in [0.3, 0.4) is 0 Å². The summed E-state index contributed by atoms with van der Waals surface area (Å²) in [5, 5.41) is 27.6. The molecule has 7 N–H and O–H groups in total. The van der Waals surface area contributed by atoms with Gasteiger partial charge < -0.3 is 31.5 Å². The van der Waals surface area contributed by atoms with E-state index in [1.165, 1.54) is 0 Å². The lowest BCUT2D eigenvalue weighted by atomic mass is 9.98. The molecule has 1 rings (SSSR count). The molecule has 1 saturated heterocycles. The Balaban J connectivity index is 2.63. The minimum absolute atomic E-state index is 0.0298. The number of nitrogens with two attached hydrogens (primary N) is 2. The second-order valence-corrected chi connectivity index (χ2v) is 2.86. The van der Waals surface area contributed by atoms with Gasteiger partial charge in [0.15, 0.2) is 6.29 Å². The molecule has 0 radical (unpaired) electrons. The van der Waals surface area contributed by atoms with E-state index in [9.17, 15) is 10.2 Å². The number of hydrogen-bond donors (Lipinski definition) is 5. The Morgan fingerprint density at radius 3 is 2.25 bits per heavy atom. The van der Waals surface area contributed by atoms with E-state index in [0.717, 1.165) is 0 Å². The molecule has 0 aromatic heterocycles. The van der Waals surface area contributed by atoms with Crippen LogP contribution in [0.5, 0.6) is 0 Å². The molecule has 1 heterocycles. The lowest BCUT2D eigenvalue weighted by Gasteiger charge is -2.38. The van der Waals surface area contributed by atoms with Crippen LogP contribution in [-0.4, -0.2) is 52.5 Å². The van der Waals surface area contributed by atoms with Crippen molar-refractivity contribution >= 4 is 0 Å². The first-order valence-corrected chi connectivity index (χ1v) is 3.73. The smallest absolute Gasteiger partial charge is 0.172 e. The number of rotatable bonds is 1. The summed E-state index contributed by atoms with van der Waals surface area (Å²) in [5.41, 5.74) is 10.5. The zero-order valence-electron chi connectivity index (χ0n) is 6.50. The van der Waals surface area contributed by atoms with Crippen molar-refractivity contribution in [1.29, 1.82) is 0 Å². The zero-order chi connectivity index (χ0) is 9.30. The van der Waals surface area contributed by atoms with E-state index in [2.05, 4.69) is 0 Å². The highest BCUT2D eigenvalue weighted by molar-refractivity contribution is 4.91. The summed E-state index contributed by atoms with van der Waals surface area (Å²) in [4.78, 5) is 0. The van der Waals surface area contributed by atoms with Crippen LogP contribution < -0.4 is 11.5 Å². The molecule has 0 aromatic carbocycles. The summed E-state index contributed by atoms with van der Waals surface area (Å²) in [7, 11) is 0. The molecule has 1 aliphatic heterocycles. The van der Waals surface area contributed by atoms with E-state index in [1.54, 1.807) is 0 Å². The van der Waals surface area contributed by atoms with Crippen molar-refractivity contribution in [2.24, 2.45) is 11.5 Å². The standard InChI is InChI=1S/C6H14N2O4/c7-1-2-4(9)5(10)3(8)6(11)12-2/h2-6,9-11H,1,7-8H2/t2?,3-,4+,5?,6+/m0/s1. The normalized spacial score (nSPS) is 49.2. The monoisotopic (exact) mass is 178 g/mol. The van der Waals surface area contributed by atoms with Gasteiger partial charge in [0.1, 0.15) is 18.3 Å². The Hall–Kier alpha value is -0.240. The zero-order valence-corrected chi connectivity index (χ0v) is 6.50. The van der Waals surface area contributed by atoms with Crippen LogP contribution in [0.1, 0.15) is 0 Å². The van der Waals surface area contributed by atoms with Crippen molar-refractivity contribution in [2.45, 2.75) is 30.6 Å². The molecule has 0 saturated carbocycles. The highest BCUT2D eigenvalue weighted by Gasteiger charge is 2.41. The summed E-state index contributed by atoms with van der Waals surface area (Å²) in [6.07, 6.45) is -4.34. The molecule has 2 unspecified atom stereocenters. The van der Waals surface area contributed by atoms with Gasteiger partial charge in [0.25, 0.3) is 0 Å². The highest BCUT2D eigenvalue weighted by atomic mass is 16.6. The van der Waals surface area contributed by atoms with Crippen LogP contribution in [0.25, 0.3) is 0 Å². The number of hydrogen-bond acceptors (Lipinski definition) is 6. The Labute approximate surface area is 69.7 Å². The van der Waals surface area contributed by atoms with Crippen LogP contribution >= 0.6 is 0 Å². The van der Waals surface area contributed by atoms with Crippen LogP contribution in [0.4, 0.5) is 0 Å². The first-order chi connectivity index (χ1) is 5.57.